The fourth-order valence-corrected chi connectivity index (χ4v) is 1.74. The molecule has 84 valence electrons. The van der Waals surface area contributed by atoms with Crippen molar-refractivity contribution in [2.75, 3.05) is 0 Å². The summed E-state index contributed by atoms with van der Waals surface area (Å²) in [6.45, 7) is 0. The van der Waals surface area contributed by atoms with Crippen molar-refractivity contribution in [1.29, 1.82) is 0 Å². The van der Waals surface area contributed by atoms with Gasteiger partial charge < -0.3 is 4.98 Å². The summed E-state index contributed by atoms with van der Waals surface area (Å²) in [5.41, 5.74) is 1.79. The van der Waals surface area contributed by atoms with E-state index in [1.807, 2.05) is 30.3 Å². The number of fused-ring (bicyclic) bond motifs is 1. The topological polar surface area (TPSA) is 28.7 Å². The Kier molecular flexibility index (Phi) is 2.14. The van der Waals surface area contributed by atoms with Crippen molar-refractivity contribution in [3.05, 3.63) is 54.1 Å². The maximum atomic E-state index is 13.0. The molecule has 0 saturated heterocycles. The summed E-state index contributed by atoms with van der Waals surface area (Å²) in [5, 5.41) is 0. The van der Waals surface area contributed by atoms with Crippen LogP contribution >= 0.6 is 0 Å². The molecule has 3 aromatic rings. The Morgan fingerprint density at radius 3 is 2.41 bits per heavy atom. The molecule has 2 aromatic carbocycles. The van der Waals surface area contributed by atoms with Gasteiger partial charge >= 0.3 is 0 Å². The fourth-order valence-electron chi connectivity index (χ4n) is 1.74. The first kappa shape index (κ1) is 9.96. The number of nitrogens with one attached hydrogen (secondary N) is 1. The Hall–Kier alpha value is -2.23. The molecule has 1 heterocycles. The molecule has 0 spiro atoms. The Bertz CT molecular complexity index is 635. The normalized spacial score (nSPS) is 10.9. The Morgan fingerprint density at radius 1 is 0.941 bits per heavy atom. The highest BCUT2D eigenvalue weighted by atomic mass is 19.2. The molecule has 0 bridgehead atoms. The van der Waals surface area contributed by atoms with Crippen LogP contribution in [0.2, 0.25) is 0 Å². The molecular weight excluding hydrogens is 222 g/mol. The van der Waals surface area contributed by atoms with Crippen molar-refractivity contribution < 1.29 is 8.78 Å². The van der Waals surface area contributed by atoms with Gasteiger partial charge in [0.2, 0.25) is 0 Å². The Balaban J connectivity index is 2.21. The monoisotopic (exact) mass is 230 g/mol. The third kappa shape index (κ3) is 1.67. The Morgan fingerprint density at radius 2 is 1.65 bits per heavy atom. The number of hydrogen-bond donors (Lipinski definition) is 1. The summed E-state index contributed by atoms with van der Waals surface area (Å²) in [6.07, 6.45) is 0. The molecule has 0 aliphatic heterocycles. The lowest BCUT2D eigenvalue weighted by molar-refractivity contribution is 0.510. The minimum absolute atomic E-state index is 0.419. The van der Waals surface area contributed by atoms with Gasteiger partial charge in [-0.2, -0.15) is 0 Å². The molecule has 3 rings (SSSR count). The Labute approximate surface area is 95.9 Å². The van der Waals surface area contributed by atoms with Gasteiger partial charge in [-0.25, -0.2) is 13.8 Å². The van der Waals surface area contributed by atoms with Gasteiger partial charge in [0.05, 0.1) is 11.0 Å². The van der Waals surface area contributed by atoms with Gasteiger partial charge in [-0.1, -0.05) is 30.3 Å². The van der Waals surface area contributed by atoms with E-state index in [9.17, 15) is 8.78 Å². The molecule has 0 unspecified atom stereocenters. The summed E-state index contributed by atoms with van der Waals surface area (Å²) in [6, 6.07) is 11.6. The van der Waals surface area contributed by atoms with E-state index in [1.54, 1.807) is 0 Å². The lowest BCUT2D eigenvalue weighted by Crippen LogP contribution is -1.82. The predicted molar refractivity (Wildman–Crippen MR) is 61.4 cm³/mol. The molecule has 0 radical (unpaired) electrons. The van der Waals surface area contributed by atoms with Crippen LogP contribution in [0.1, 0.15) is 0 Å². The first-order valence-electron chi connectivity index (χ1n) is 5.14. The van der Waals surface area contributed by atoms with E-state index in [1.165, 1.54) is 0 Å². The second-order valence-electron chi connectivity index (χ2n) is 3.73. The van der Waals surface area contributed by atoms with Crippen molar-refractivity contribution in [3.8, 4) is 11.4 Å². The number of benzene rings is 2. The highest BCUT2D eigenvalue weighted by Crippen LogP contribution is 2.21. The quantitative estimate of drug-likeness (QED) is 0.680. The average Bonchev–Trinajstić information content (AvgIpc) is 2.74. The molecule has 0 fully saturated rings. The van der Waals surface area contributed by atoms with Crippen molar-refractivity contribution in [3.63, 3.8) is 0 Å². The maximum Gasteiger partial charge on any atom is 0.161 e. The van der Waals surface area contributed by atoms with Gasteiger partial charge in [-0.15, -0.1) is 0 Å². The molecular formula is C13H8F2N2. The standard InChI is InChI=1S/C13H8F2N2/c14-9-6-11-12(7-10(9)15)17-13(16-11)8-4-2-1-3-5-8/h1-7H,(H,16,17). The minimum atomic E-state index is -0.886. The molecule has 1 aromatic heterocycles. The van der Waals surface area contributed by atoms with Crippen LogP contribution in [0, 0.1) is 11.6 Å². The summed E-state index contributed by atoms with van der Waals surface area (Å²) in [5.74, 6) is -1.16. The van der Waals surface area contributed by atoms with Crippen LogP contribution in [-0.4, -0.2) is 9.97 Å². The van der Waals surface area contributed by atoms with E-state index in [4.69, 9.17) is 0 Å². The van der Waals surface area contributed by atoms with E-state index in [0.29, 0.717) is 16.9 Å². The molecule has 1 N–H and O–H groups in total. The molecule has 0 aliphatic rings. The lowest BCUT2D eigenvalue weighted by atomic mass is 10.2. The van der Waals surface area contributed by atoms with Crippen LogP contribution < -0.4 is 0 Å². The van der Waals surface area contributed by atoms with E-state index >= 15 is 0 Å². The zero-order valence-electron chi connectivity index (χ0n) is 8.74. The zero-order valence-corrected chi connectivity index (χ0v) is 8.74. The maximum absolute atomic E-state index is 13.0. The number of H-pyrrole nitrogens is 1. The van der Waals surface area contributed by atoms with Crippen molar-refractivity contribution in [2.24, 2.45) is 0 Å². The second kappa shape index (κ2) is 3.66. The van der Waals surface area contributed by atoms with E-state index in [-0.39, 0.29) is 0 Å². The first-order chi connectivity index (χ1) is 8.24. The van der Waals surface area contributed by atoms with E-state index < -0.39 is 11.6 Å². The number of imidazole rings is 1. The SMILES string of the molecule is Fc1cc2nc(-c3ccccc3)[nH]c2cc1F. The largest absolute Gasteiger partial charge is 0.338 e. The van der Waals surface area contributed by atoms with Gasteiger partial charge in [0, 0.05) is 17.7 Å². The average molecular weight is 230 g/mol. The minimum Gasteiger partial charge on any atom is -0.338 e. The van der Waals surface area contributed by atoms with Gasteiger partial charge in [0.25, 0.3) is 0 Å². The van der Waals surface area contributed by atoms with Crippen LogP contribution in [0.3, 0.4) is 0 Å². The van der Waals surface area contributed by atoms with Crippen molar-refractivity contribution in [1.82, 2.24) is 9.97 Å². The number of nitrogens with zero attached hydrogens (tertiary/aromatic N) is 1. The molecule has 2 nitrogen and oxygen atoms in total. The van der Waals surface area contributed by atoms with Gasteiger partial charge in [0.1, 0.15) is 5.82 Å². The number of hydrogen-bond acceptors (Lipinski definition) is 1. The smallest absolute Gasteiger partial charge is 0.161 e. The van der Waals surface area contributed by atoms with Crippen LogP contribution in [0.4, 0.5) is 8.78 Å². The summed E-state index contributed by atoms with van der Waals surface area (Å²) in [4.78, 5) is 7.18. The molecule has 0 atom stereocenters. The fraction of sp³-hybridized carbons (Fsp3) is 0. The highest BCUT2D eigenvalue weighted by Gasteiger charge is 2.09. The number of aromatic nitrogens is 2. The molecule has 0 saturated carbocycles. The van der Waals surface area contributed by atoms with Crippen LogP contribution in [0.15, 0.2) is 42.5 Å². The summed E-state index contributed by atoms with van der Waals surface area (Å²) in [7, 11) is 0. The third-order valence-electron chi connectivity index (χ3n) is 2.57. The van der Waals surface area contributed by atoms with E-state index in [2.05, 4.69) is 9.97 Å². The molecule has 0 aliphatic carbocycles. The van der Waals surface area contributed by atoms with E-state index in [0.717, 1.165) is 17.7 Å². The summed E-state index contributed by atoms with van der Waals surface area (Å²) >= 11 is 0. The highest BCUT2D eigenvalue weighted by molar-refractivity contribution is 5.79. The molecule has 17 heavy (non-hydrogen) atoms. The number of aromatic amines is 1. The van der Waals surface area contributed by atoms with Crippen LogP contribution in [0.5, 0.6) is 0 Å². The molecule has 0 amide bonds. The second-order valence-corrected chi connectivity index (χ2v) is 3.73. The van der Waals surface area contributed by atoms with Gasteiger partial charge in [-0.3, -0.25) is 0 Å². The number of halogens is 2. The van der Waals surface area contributed by atoms with Crippen LogP contribution in [0.25, 0.3) is 22.4 Å². The third-order valence-corrected chi connectivity index (χ3v) is 2.57. The number of rotatable bonds is 1. The van der Waals surface area contributed by atoms with Crippen molar-refractivity contribution >= 4 is 11.0 Å². The molecule has 4 heteroatoms. The van der Waals surface area contributed by atoms with Gasteiger partial charge in [-0.05, 0) is 0 Å². The van der Waals surface area contributed by atoms with Crippen LogP contribution in [-0.2, 0) is 0 Å². The lowest BCUT2D eigenvalue weighted by Gasteiger charge is -1.93. The predicted octanol–water partition coefficient (Wildman–Crippen LogP) is 3.51. The van der Waals surface area contributed by atoms with Crippen molar-refractivity contribution in [2.45, 2.75) is 0 Å². The summed E-state index contributed by atoms with van der Waals surface area (Å²) < 4.78 is 26.1. The zero-order chi connectivity index (χ0) is 11.8. The first-order valence-corrected chi connectivity index (χ1v) is 5.14. The van der Waals surface area contributed by atoms with Gasteiger partial charge in [0.15, 0.2) is 11.6 Å².